The molecule has 4 N–H and O–H groups in total. The number of phenols is 1. The van der Waals surface area contributed by atoms with E-state index >= 15 is 0 Å². The van der Waals surface area contributed by atoms with Crippen molar-refractivity contribution in [2.24, 2.45) is 0 Å². The number of carbonyl (C=O) groups excluding carboxylic acids is 1. The number of carboxylic acid groups (broad SMARTS) is 2. The molecule has 0 radical (unpaired) electrons. The van der Waals surface area contributed by atoms with Crippen molar-refractivity contribution in [2.45, 2.75) is 12.5 Å². The molecule has 0 aliphatic heterocycles. The first-order valence-corrected chi connectivity index (χ1v) is 4.94. The largest absolute Gasteiger partial charge is 0.508 e. The fourth-order valence-corrected chi connectivity index (χ4v) is 1.29. The predicted octanol–water partition coefficient (Wildman–Crippen LogP) is -0.411. The third-order valence-electron chi connectivity index (χ3n) is 2.17. The van der Waals surface area contributed by atoms with Crippen molar-refractivity contribution in [1.29, 1.82) is 0 Å². The van der Waals surface area contributed by atoms with E-state index in [9.17, 15) is 14.4 Å². The lowest BCUT2D eigenvalue weighted by Crippen LogP contribution is -2.45. The van der Waals surface area contributed by atoms with Gasteiger partial charge in [0.2, 0.25) is 0 Å². The number of amides is 1. The van der Waals surface area contributed by atoms with Crippen molar-refractivity contribution in [2.75, 3.05) is 0 Å². The number of aromatic hydroxyl groups is 1. The number of carbonyl (C=O) groups is 3. The monoisotopic (exact) mass is 253 g/mol. The van der Waals surface area contributed by atoms with Gasteiger partial charge in [-0.3, -0.25) is 4.79 Å². The van der Waals surface area contributed by atoms with Gasteiger partial charge in [0, 0.05) is 6.42 Å². The minimum absolute atomic E-state index is 0.0280. The number of nitrogens with one attached hydrogen (secondary N) is 1. The normalized spacial score (nSPS) is 11.6. The van der Waals surface area contributed by atoms with Gasteiger partial charge in [-0.05, 0) is 17.7 Å². The second-order valence-electron chi connectivity index (χ2n) is 3.54. The van der Waals surface area contributed by atoms with Crippen molar-refractivity contribution in [1.82, 2.24) is 5.32 Å². The van der Waals surface area contributed by atoms with Crippen LogP contribution >= 0.6 is 0 Å². The Labute approximate surface area is 102 Å². The average Bonchev–Trinajstić information content (AvgIpc) is 2.30. The summed E-state index contributed by atoms with van der Waals surface area (Å²) in [6.07, 6.45) is -0.0748. The Morgan fingerprint density at radius 1 is 1.11 bits per heavy atom. The summed E-state index contributed by atoms with van der Waals surface area (Å²) < 4.78 is 0. The molecule has 1 amide bonds. The van der Waals surface area contributed by atoms with Crippen molar-refractivity contribution in [3.63, 3.8) is 0 Å². The maximum atomic E-state index is 10.9. The van der Waals surface area contributed by atoms with E-state index < -0.39 is 23.9 Å². The molecule has 0 bridgehead atoms. The van der Waals surface area contributed by atoms with E-state index in [0.29, 0.717) is 5.56 Å². The maximum Gasteiger partial charge on any atom is 0.394 e. The molecule has 1 aromatic rings. The predicted molar refractivity (Wildman–Crippen MR) is 59.0 cm³/mol. The molecule has 1 aromatic carbocycles. The average molecular weight is 253 g/mol. The van der Waals surface area contributed by atoms with Gasteiger partial charge < -0.3 is 20.6 Å². The molecule has 18 heavy (non-hydrogen) atoms. The van der Waals surface area contributed by atoms with Gasteiger partial charge in [-0.15, -0.1) is 0 Å². The molecule has 7 nitrogen and oxygen atoms in total. The Balaban J connectivity index is 2.75. The molecule has 96 valence electrons. The lowest BCUT2D eigenvalue weighted by atomic mass is 10.1. The zero-order chi connectivity index (χ0) is 13.7. The zero-order valence-electron chi connectivity index (χ0n) is 9.16. The number of hydrogen-bond acceptors (Lipinski definition) is 4. The van der Waals surface area contributed by atoms with E-state index in [1.165, 1.54) is 24.3 Å². The topological polar surface area (TPSA) is 124 Å². The van der Waals surface area contributed by atoms with E-state index in [4.69, 9.17) is 15.3 Å². The third kappa shape index (κ3) is 3.78. The molecule has 0 unspecified atom stereocenters. The van der Waals surface area contributed by atoms with Crippen molar-refractivity contribution < 1.29 is 29.7 Å². The Hall–Kier alpha value is -2.57. The molecule has 0 aliphatic carbocycles. The lowest BCUT2D eigenvalue weighted by Gasteiger charge is -2.12. The molecule has 1 atom stereocenters. The minimum Gasteiger partial charge on any atom is -0.508 e. The summed E-state index contributed by atoms with van der Waals surface area (Å²) in [5.41, 5.74) is 0.547. The standard InChI is InChI=1S/C11H11NO6/c13-7-3-1-6(2-4-7)5-8(10(15)16)12-9(14)11(17)18/h1-4,8,13H,5H2,(H,12,14)(H,15,16)(H,17,18)/t8-/m1/s1. The smallest absolute Gasteiger partial charge is 0.394 e. The Kier molecular flexibility index (Phi) is 4.25. The van der Waals surface area contributed by atoms with Gasteiger partial charge >= 0.3 is 17.8 Å². The van der Waals surface area contributed by atoms with Gasteiger partial charge in [0.25, 0.3) is 0 Å². The van der Waals surface area contributed by atoms with Crippen LogP contribution in [0, 0.1) is 0 Å². The van der Waals surface area contributed by atoms with Crippen LogP contribution in [0.4, 0.5) is 0 Å². The van der Waals surface area contributed by atoms with Crippen LogP contribution in [0.5, 0.6) is 5.75 Å². The second kappa shape index (κ2) is 5.67. The number of phenolic OH excluding ortho intramolecular Hbond substituents is 1. The van der Waals surface area contributed by atoms with Crippen LogP contribution in [0.1, 0.15) is 5.56 Å². The molecule has 0 fully saturated rings. The molecule has 0 saturated heterocycles. The summed E-state index contributed by atoms with van der Waals surface area (Å²) in [7, 11) is 0. The molecule has 0 saturated carbocycles. The van der Waals surface area contributed by atoms with Gasteiger partial charge in [0.1, 0.15) is 11.8 Å². The second-order valence-corrected chi connectivity index (χ2v) is 3.54. The summed E-state index contributed by atoms with van der Waals surface area (Å²) in [4.78, 5) is 32.1. The summed E-state index contributed by atoms with van der Waals surface area (Å²) in [6.45, 7) is 0. The number of benzene rings is 1. The van der Waals surface area contributed by atoms with Crippen molar-refractivity contribution in [3.8, 4) is 5.75 Å². The highest BCUT2D eigenvalue weighted by Gasteiger charge is 2.23. The van der Waals surface area contributed by atoms with Crippen molar-refractivity contribution >= 4 is 17.8 Å². The number of hydrogen-bond donors (Lipinski definition) is 4. The van der Waals surface area contributed by atoms with Gasteiger partial charge in [-0.25, -0.2) is 9.59 Å². The van der Waals surface area contributed by atoms with Crippen LogP contribution < -0.4 is 5.32 Å². The molecule has 0 heterocycles. The lowest BCUT2D eigenvalue weighted by molar-refractivity contribution is -0.152. The van der Waals surface area contributed by atoms with Crippen molar-refractivity contribution in [3.05, 3.63) is 29.8 Å². The molecule has 0 aliphatic rings. The molecular weight excluding hydrogens is 242 g/mol. The highest BCUT2D eigenvalue weighted by atomic mass is 16.4. The maximum absolute atomic E-state index is 10.9. The fourth-order valence-electron chi connectivity index (χ4n) is 1.29. The molecular formula is C11H11NO6. The van der Waals surface area contributed by atoms with Gasteiger partial charge in [-0.1, -0.05) is 12.1 Å². The first-order valence-electron chi connectivity index (χ1n) is 4.94. The Morgan fingerprint density at radius 3 is 2.11 bits per heavy atom. The Morgan fingerprint density at radius 2 is 1.67 bits per heavy atom. The Bertz CT molecular complexity index is 467. The van der Waals surface area contributed by atoms with Crippen LogP contribution in [-0.2, 0) is 20.8 Å². The van der Waals surface area contributed by atoms with Gasteiger partial charge in [0.15, 0.2) is 0 Å². The van der Waals surface area contributed by atoms with Crippen LogP contribution in [-0.4, -0.2) is 39.2 Å². The first kappa shape index (κ1) is 13.5. The van der Waals surface area contributed by atoms with Crippen LogP contribution in [0.15, 0.2) is 24.3 Å². The van der Waals surface area contributed by atoms with E-state index in [-0.39, 0.29) is 12.2 Å². The number of aliphatic carboxylic acids is 2. The summed E-state index contributed by atoms with van der Waals surface area (Å²) >= 11 is 0. The van der Waals surface area contributed by atoms with E-state index in [1.54, 1.807) is 0 Å². The number of carboxylic acids is 2. The zero-order valence-corrected chi connectivity index (χ0v) is 9.16. The van der Waals surface area contributed by atoms with E-state index in [1.807, 2.05) is 5.32 Å². The quantitative estimate of drug-likeness (QED) is 0.541. The molecule has 1 rings (SSSR count). The third-order valence-corrected chi connectivity index (χ3v) is 2.17. The van der Waals surface area contributed by atoms with Crippen LogP contribution in [0.25, 0.3) is 0 Å². The molecule has 0 spiro atoms. The molecule has 7 heteroatoms. The van der Waals surface area contributed by atoms with Crippen LogP contribution in [0.2, 0.25) is 0 Å². The summed E-state index contributed by atoms with van der Waals surface area (Å²) in [5.74, 6) is -4.42. The minimum atomic E-state index is -1.74. The number of rotatable bonds is 4. The van der Waals surface area contributed by atoms with E-state index in [0.717, 1.165) is 0 Å². The van der Waals surface area contributed by atoms with Gasteiger partial charge in [-0.2, -0.15) is 0 Å². The van der Waals surface area contributed by atoms with Gasteiger partial charge in [0.05, 0.1) is 0 Å². The van der Waals surface area contributed by atoms with E-state index in [2.05, 4.69) is 0 Å². The van der Waals surface area contributed by atoms with Crippen LogP contribution in [0.3, 0.4) is 0 Å². The summed E-state index contributed by atoms with van der Waals surface area (Å²) in [6, 6.07) is 4.37. The summed E-state index contributed by atoms with van der Waals surface area (Å²) in [5, 5.41) is 28.2. The highest BCUT2D eigenvalue weighted by Crippen LogP contribution is 2.11. The molecule has 0 aromatic heterocycles. The fraction of sp³-hybridized carbons (Fsp3) is 0.182. The SMILES string of the molecule is O=C(O)C(=O)N[C@H](Cc1ccc(O)cc1)C(=O)O. The first-order chi connectivity index (χ1) is 8.40. The highest BCUT2D eigenvalue weighted by molar-refractivity contribution is 6.31.